The zero-order valence-electron chi connectivity index (χ0n) is 5.66. The summed E-state index contributed by atoms with van der Waals surface area (Å²) in [5.74, 6) is -0.385. The third-order valence-electron chi connectivity index (χ3n) is 1.20. The molecule has 3 nitrogen and oxygen atoms in total. The Labute approximate surface area is 54.3 Å². The molecule has 0 radical (unpaired) electrons. The van der Waals surface area contributed by atoms with Gasteiger partial charge in [-0.2, -0.15) is 0 Å². The van der Waals surface area contributed by atoms with E-state index >= 15 is 0 Å². The van der Waals surface area contributed by atoms with Crippen molar-refractivity contribution < 1.29 is 15.0 Å². The fourth-order valence-corrected chi connectivity index (χ4v) is 0.494. The monoisotopic (exact) mass is 132 g/mol. The van der Waals surface area contributed by atoms with Gasteiger partial charge in [0.2, 0.25) is 0 Å². The summed E-state index contributed by atoms with van der Waals surface area (Å²) in [4.78, 5) is 10.3. The molecule has 0 saturated carbocycles. The minimum Gasteiger partial charge on any atom is -0.390 e. The van der Waals surface area contributed by atoms with Crippen molar-refractivity contribution in [2.24, 2.45) is 0 Å². The first kappa shape index (κ1) is 8.59. The Hall–Kier alpha value is -0.410. The first-order valence-corrected chi connectivity index (χ1v) is 2.96. The molecule has 0 aromatic carbocycles. The van der Waals surface area contributed by atoms with Gasteiger partial charge in [0.1, 0.15) is 6.10 Å². The fraction of sp³-hybridized carbons (Fsp3) is 0.833. The predicted molar refractivity (Wildman–Crippen MR) is 33.0 cm³/mol. The molecule has 0 aliphatic heterocycles. The van der Waals surface area contributed by atoms with E-state index in [2.05, 4.69) is 0 Å². The van der Waals surface area contributed by atoms with Crippen LogP contribution in [-0.2, 0) is 4.79 Å². The Morgan fingerprint density at radius 3 is 2.11 bits per heavy atom. The van der Waals surface area contributed by atoms with E-state index in [4.69, 9.17) is 10.2 Å². The van der Waals surface area contributed by atoms with E-state index in [-0.39, 0.29) is 5.78 Å². The van der Waals surface area contributed by atoms with Crippen LogP contribution in [0.3, 0.4) is 0 Å². The first-order valence-electron chi connectivity index (χ1n) is 2.96. The van der Waals surface area contributed by atoms with Gasteiger partial charge in [-0.25, -0.2) is 0 Å². The second-order valence-corrected chi connectivity index (χ2v) is 2.03. The maximum absolute atomic E-state index is 10.3. The zero-order chi connectivity index (χ0) is 7.44. The van der Waals surface area contributed by atoms with Gasteiger partial charge >= 0.3 is 0 Å². The molecule has 3 heteroatoms. The summed E-state index contributed by atoms with van der Waals surface area (Å²) in [5.41, 5.74) is 0. The molecule has 0 unspecified atom stereocenters. The summed E-state index contributed by atoms with van der Waals surface area (Å²) in [7, 11) is 0. The number of aliphatic hydroxyl groups excluding tert-OH is 2. The van der Waals surface area contributed by atoms with E-state index < -0.39 is 12.2 Å². The zero-order valence-corrected chi connectivity index (χ0v) is 5.66. The molecule has 0 aliphatic carbocycles. The van der Waals surface area contributed by atoms with Gasteiger partial charge in [0, 0.05) is 0 Å². The Kier molecular flexibility index (Phi) is 3.42. The number of aliphatic hydroxyl groups is 2. The molecule has 9 heavy (non-hydrogen) atoms. The van der Waals surface area contributed by atoms with Crippen molar-refractivity contribution in [2.75, 3.05) is 0 Å². The van der Waals surface area contributed by atoms with Gasteiger partial charge in [-0.15, -0.1) is 0 Å². The van der Waals surface area contributed by atoms with Crippen molar-refractivity contribution >= 4 is 5.78 Å². The van der Waals surface area contributed by atoms with Crippen LogP contribution >= 0.6 is 0 Å². The largest absolute Gasteiger partial charge is 0.390 e. The smallest absolute Gasteiger partial charge is 0.160 e. The van der Waals surface area contributed by atoms with E-state index in [9.17, 15) is 4.79 Å². The summed E-state index contributed by atoms with van der Waals surface area (Å²) in [5, 5.41) is 17.6. The van der Waals surface area contributed by atoms with E-state index in [0.717, 1.165) is 0 Å². The van der Waals surface area contributed by atoms with Gasteiger partial charge in [0.05, 0.1) is 6.10 Å². The van der Waals surface area contributed by atoms with Crippen molar-refractivity contribution in [1.82, 2.24) is 0 Å². The lowest BCUT2D eigenvalue weighted by Gasteiger charge is -2.11. The molecule has 0 rings (SSSR count). The summed E-state index contributed by atoms with van der Waals surface area (Å²) in [6.07, 6.45) is -1.70. The number of carbonyl (C=O) groups excluding carboxylic acids is 1. The van der Waals surface area contributed by atoms with Gasteiger partial charge in [0.25, 0.3) is 0 Å². The highest BCUT2D eigenvalue weighted by Crippen LogP contribution is 1.98. The van der Waals surface area contributed by atoms with E-state index in [1.165, 1.54) is 6.92 Å². The molecule has 2 N–H and O–H groups in total. The van der Waals surface area contributed by atoms with Crippen molar-refractivity contribution in [1.29, 1.82) is 0 Å². The molecule has 0 bridgehead atoms. The maximum Gasteiger partial charge on any atom is 0.160 e. The van der Waals surface area contributed by atoms with Crippen molar-refractivity contribution in [2.45, 2.75) is 32.5 Å². The van der Waals surface area contributed by atoms with E-state index in [0.29, 0.717) is 6.42 Å². The quantitative estimate of drug-likeness (QED) is 0.554. The van der Waals surface area contributed by atoms with Crippen LogP contribution < -0.4 is 0 Å². The molecule has 0 spiro atoms. The topological polar surface area (TPSA) is 57.5 Å². The number of carbonyl (C=O) groups is 1. The fourth-order valence-electron chi connectivity index (χ4n) is 0.494. The van der Waals surface area contributed by atoms with Crippen LogP contribution in [0.1, 0.15) is 20.3 Å². The molecule has 0 aromatic rings. The maximum atomic E-state index is 10.3. The van der Waals surface area contributed by atoms with Crippen LogP contribution in [-0.4, -0.2) is 28.2 Å². The lowest BCUT2D eigenvalue weighted by atomic mass is 10.1. The number of ketones is 1. The molecule has 0 aliphatic rings. The van der Waals surface area contributed by atoms with Gasteiger partial charge in [-0.1, -0.05) is 6.92 Å². The SMILES string of the molecule is CC[C@H](O)[C@H](O)C(C)=O. The average Bonchev–Trinajstić information content (AvgIpc) is 1.84. The molecule has 0 aromatic heterocycles. The van der Waals surface area contributed by atoms with Gasteiger partial charge < -0.3 is 10.2 Å². The molecule has 0 saturated heterocycles. The summed E-state index contributed by atoms with van der Waals surface area (Å²) in [6, 6.07) is 0. The van der Waals surface area contributed by atoms with Gasteiger partial charge in [-0.05, 0) is 13.3 Å². The van der Waals surface area contributed by atoms with Gasteiger partial charge in [-0.3, -0.25) is 4.79 Å². The highest BCUT2D eigenvalue weighted by atomic mass is 16.3. The molecule has 0 heterocycles. The number of hydrogen-bond donors (Lipinski definition) is 2. The molecular weight excluding hydrogens is 120 g/mol. The minimum absolute atomic E-state index is 0.385. The third kappa shape index (κ3) is 2.58. The van der Waals surface area contributed by atoms with Crippen molar-refractivity contribution in [3.63, 3.8) is 0 Å². The minimum atomic E-state index is -1.20. The molecule has 54 valence electrons. The Morgan fingerprint density at radius 1 is 1.56 bits per heavy atom. The predicted octanol–water partition coefficient (Wildman–Crippen LogP) is -0.293. The lowest BCUT2D eigenvalue weighted by molar-refractivity contribution is -0.130. The summed E-state index contributed by atoms with van der Waals surface area (Å²) >= 11 is 0. The standard InChI is InChI=1S/C6H12O3/c1-3-5(8)6(9)4(2)7/h5-6,8-9H,3H2,1-2H3/t5-,6+/m0/s1. The second kappa shape index (κ2) is 3.58. The third-order valence-corrected chi connectivity index (χ3v) is 1.20. The van der Waals surface area contributed by atoms with Gasteiger partial charge in [0.15, 0.2) is 5.78 Å². The number of hydrogen-bond acceptors (Lipinski definition) is 3. The van der Waals surface area contributed by atoms with Crippen molar-refractivity contribution in [3.05, 3.63) is 0 Å². The number of rotatable bonds is 3. The molecule has 0 fully saturated rings. The first-order chi connectivity index (χ1) is 4.09. The Balaban J connectivity index is 3.72. The van der Waals surface area contributed by atoms with E-state index in [1.807, 2.05) is 0 Å². The summed E-state index contributed by atoms with van der Waals surface area (Å²) in [6.45, 7) is 2.96. The Morgan fingerprint density at radius 2 is 2.00 bits per heavy atom. The van der Waals surface area contributed by atoms with E-state index in [1.54, 1.807) is 6.92 Å². The van der Waals surface area contributed by atoms with Crippen LogP contribution in [0.5, 0.6) is 0 Å². The highest BCUT2D eigenvalue weighted by molar-refractivity contribution is 5.80. The lowest BCUT2D eigenvalue weighted by Crippen LogP contribution is -2.31. The normalized spacial score (nSPS) is 16.9. The average molecular weight is 132 g/mol. The van der Waals surface area contributed by atoms with Crippen molar-refractivity contribution in [3.8, 4) is 0 Å². The highest BCUT2D eigenvalue weighted by Gasteiger charge is 2.17. The second-order valence-electron chi connectivity index (χ2n) is 2.03. The van der Waals surface area contributed by atoms with Crippen LogP contribution in [0.25, 0.3) is 0 Å². The van der Waals surface area contributed by atoms with Crippen LogP contribution in [0, 0.1) is 0 Å². The molecule has 2 atom stereocenters. The number of Topliss-reactive ketones (excluding diaryl/α,β-unsaturated/α-hetero) is 1. The summed E-state index contributed by atoms with van der Waals surface area (Å²) < 4.78 is 0. The molecule has 0 amide bonds. The molecular formula is C6H12O3. The van der Waals surface area contributed by atoms with Crippen LogP contribution in [0.15, 0.2) is 0 Å². The van der Waals surface area contributed by atoms with Crippen LogP contribution in [0.2, 0.25) is 0 Å². The Bertz CT molecular complexity index is 100. The van der Waals surface area contributed by atoms with Crippen LogP contribution in [0.4, 0.5) is 0 Å².